The van der Waals surface area contributed by atoms with Crippen LogP contribution < -0.4 is 4.74 Å². The topological polar surface area (TPSA) is 76.4 Å². The SMILES string of the molecule is COc1ccc(C(=O)N2CCN(Cc3nnnn3-c3cccc(F)c3)CC2)cc1. The number of amides is 1. The fourth-order valence-electron chi connectivity index (χ4n) is 3.34. The zero-order valence-electron chi connectivity index (χ0n) is 16.0. The van der Waals surface area contributed by atoms with E-state index in [2.05, 4.69) is 20.4 Å². The lowest BCUT2D eigenvalue weighted by atomic mass is 10.1. The molecule has 1 aliphatic rings. The number of halogens is 1. The molecule has 1 fully saturated rings. The van der Waals surface area contributed by atoms with Gasteiger partial charge in [0.25, 0.3) is 5.91 Å². The van der Waals surface area contributed by atoms with Crippen LogP contribution in [0, 0.1) is 5.82 Å². The van der Waals surface area contributed by atoms with Crippen molar-refractivity contribution in [1.29, 1.82) is 0 Å². The molecule has 4 rings (SSSR count). The Labute approximate surface area is 167 Å². The molecule has 8 nitrogen and oxygen atoms in total. The molecule has 9 heteroatoms. The molecule has 0 N–H and O–H groups in total. The summed E-state index contributed by atoms with van der Waals surface area (Å²) in [6.07, 6.45) is 0. The molecule has 1 saturated heterocycles. The molecule has 0 bridgehead atoms. The molecule has 0 spiro atoms. The number of piperazine rings is 1. The van der Waals surface area contributed by atoms with E-state index in [1.54, 1.807) is 43.5 Å². The van der Waals surface area contributed by atoms with E-state index in [1.165, 1.54) is 16.8 Å². The zero-order chi connectivity index (χ0) is 20.2. The van der Waals surface area contributed by atoms with Crippen molar-refractivity contribution in [3.8, 4) is 11.4 Å². The van der Waals surface area contributed by atoms with E-state index in [-0.39, 0.29) is 11.7 Å². The average Bonchev–Trinajstić information content (AvgIpc) is 3.22. The first-order valence-electron chi connectivity index (χ1n) is 9.33. The van der Waals surface area contributed by atoms with Crippen molar-refractivity contribution in [3.63, 3.8) is 0 Å². The fraction of sp³-hybridized carbons (Fsp3) is 0.300. The highest BCUT2D eigenvalue weighted by atomic mass is 19.1. The lowest BCUT2D eigenvalue weighted by Crippen LogP contribution is -2.48. The maximum absolute atomic E-state index is 13.5. The van der Waals surface area contributed by atoms with E-state index in [0.717, 1.165) is 5.75 Å². The fourth-order valence-corrected chi connectivity index (χ4v) is 3.34. The number of benzene rings is 2. The standard InChI is InChI=1S/C20H21FN6O2/c1-29-18-7-5-15(6-8-18)20(28)26-11-9-25(10-12-26)14-19-22-23-24-27(19)17-4-2-3-16(21)13-17/h2-8,13H,9-12,14H2,1H3. The van der Waals surface area contributed by atoms with E-state index in [9.17, 15) is 9.18 Å². The monoisotopic (exact) mass is 396 g/mol. The van der Waals surface area contributed by atoms with Gasteiger partial charge in [0, 0.05) is 31.7 Å². The van der Waals surface area contributed by atoms with Crippen molar-refractivity contribution in [2.24, 2.45) is 0 Å². The summed E-state index contributed by atoms with van der Waals surface area (Å²) in [7, 11) is 1.60. The highest BCUT2D eigenvalue weighted by Gasteiger charge is 2.23. The highest BCUT2D eigenvalue weighted by molar-refractivity contribution is 5.94. The number of rotatable bonds is 5. The van der Waals surface area contributed by atoms with Gasteiger partial charge in [-0.3, -0.25) is 9.69 Å². The number of carbonyl (C=O) groups is 1. The first-order chi connectivity index (χ1) is 14.1. The number of ether oxygens (including phenoxy) is 1. The molecule has 0 radical (unpaired) electrons. The van der Waals surface area contributed by atoms with Crippen molar-refractivity contribution >= 4 is 5.91 Å². The van der Waals surface area contributed by atoms with Gasteiger partial charge in [-0.2, -0.15) is 4.68 Å². The van der Waals surface area contributed by atoms with Crippen LogP contribution in [0.25, 0.3) is 5.69 Å². The molecule has 0 saturated carbocycles. The first kappa shape index (κ1) is 19.0. The summed E-state index contributed by atoms with van der Waals surface area (Å²) in [5, 5.41) is 11.8. The largest absolute Gasteiger partial charge is 0.497 e. The number of hydrogen-bond acceptors (Lipinski definition) is 6. The van der Waals surface area contributed by atoms with E-state index in [4.69, 9.17) is 4.74 Å². The summed E-state index contributed by atoms with van der Waals surface area (Å²) < 4.78 is 20.2. The molecule has 2 heterocycles. The van der Waals surface area contributed by atoms with E-state index >= 15 is 0 Å². The molecule has 0 unspecified atom stereocenters. The second kappa shape index (κ2) is 8.36. The molecule has 1 amide bonds. The molecular formula is C20H21FN6O2. The molecule has 0 aliphatic carbocycles. The lowest BCUT2D eigenvalue weighted by Gasteiger charge is -2.34. The third-order valence-electron chi connectivity index (χ3n) is 4.95. The number of tetrazole rings is 1. The quantitative estimate of drug-likeness (QED) is 0.654. The summed E-state index contributed by atoms with van der Waals surface area (Å²) in [5.41, 5.74) is 1.23. The van der Waals surface area contributed by atoms with Crippen LogP contribution in [0.5, 0.6) is 5.75 Å². The molecule has 0 atom stereocenters. The average molecular weight is 396 g/mol. The van der Waals surface area contributed by atoms with E-state index in [1.807, 2.05) is 4.90 Å². The summed E-state index contributed by atoms with van der Waals surface area (Å²) in [4.78, 5) is 16.7. The molecule has 2 aromatic carbocycles. The van der Waals surface area contributed by atoms with Crippen molar-refractivity contribution in [1.82, 2.24) is 30.0 Å². The minimum atomic E-state index is -0.338. The van der Waals surface area contributed by atoms with Gasteiger partial charge in [0.05, 0.1) is 19.3 Å². The number of carbonyl (C=O) groups excluding carboxylic acids is 1. The molecule has 150 valence electrons. The van der Waals surface area contributed by atoms with E-state index < -0.39 is 0 Å². The summed E-state index contributed by atoms with van der Waals surface area (Å²) in [6.45, 7) is 3.17. The third-order valence-corrected chi connectivity index (χ3v) is 4.95. The van der Waals surface area contributed by atoms with Gasteiger partial charge in [-0.25, -0.2) is 4.39 Å². The third kappa shape index (κ3) is 4.24. The normalized spacial score (nSPS) is 14.8. The zero-order valence-corrected chi connectivity index (χ0v) is 16.0. The summed E-state index contributed by atoms with van der Waals surface area (Å²) >= 11 is 0. The van der Waals surface area contributed by atoms with Crippen LogP contribution in [-0.4, -0.2) is 69.2 Å². The number of nitrogens with zero attached hydrogens (tertiary/aromatic N) is 6. The van der Waals surface area contributed by atoms with Crippen LogP contribution in [0.15, 0.2) is 48.5 Å². The van der Waals surface area contributed by atoms with Crippen LogP contribution in [0.3, 0.4) is 0 Å². The lowest BCUT2D eigenvalue weighted by molar-refractivity contribution is 0.0624. The Hall–Kier alpha value is -3.33. The van der Waals surface area contributed by atoms with Crippen molar-refractivity contribution in [2.75, 3.05) is 33.3 Å². The van der Waals surface area contributed by atoms with Gasteiger partial charge in [0.2, 0.25) is 0 Å². The Morgan fingerprint density at radius 1 is 1.10 bits per heavy atom. The molecule has 3 aromatic rings. The Morgan fingerprint density at radius 3 is 2.55 bits per heavy atom. The smallest absolute Gasteiger partial charge is 0.253 e. The van der Waals surface area contributed by atoms with Crippen LogP contribution >= 0.6 is 0 Å². The number of aromatic nitrogens is 4. The van der Waals surface area contributed by atoms with Gasteiger partial charge in [-0.15, -0.1) is 5.10 Å². The van der Waals surface area contributed by atoms with Crippen molar-refractivity contribution < 1.29 is 13.9 Å². The Bertz CT molecular complexity index is 983. The van der Waals surface area contributed by atoms with Crippen LogP contribution in [0.4, 0.5) is 4.39 Å². The van der Waals surface area contributed by atoms with Gasteiger partial charge < -0.3 is 9.64 Å². The number of hydrogen-bond donors (Lipinski definition) is 0. The predicted octanol–water partition coefficient (Wildman–Crippen LogP) is 1.77. The van der Waals surface area contributed by atoms with Gasteiger partial charge >= 0.3 is 0 Å². The van der Waals surface area contributed by atoms with Crippen molar-refractivity contribution in [3.05, 3.63) is 65.7 Å². The second-order valence-corrected chi connectivity index (χ2v) is 6.78. The van der Waals surface area contributed by atoms with E-state index in [0.29, 0.717) is 49.8 Å². The van der Waals surface area contributed by atoms with Crippen molar-refractivity contribution in [2.45, 2.75) is 6.54 Å². The van der Waals surface area contributed by atoms with Gasteiger partial charge in [0.1, 0.15) is 11.6 Å². The minimum absolute atomic E-state index is 0.0110. The molecular weight excluding hydrogens is 375 g/mol. The van der Waals surface area contributed by atoms with Gasteiger partial charge in [0.15, 0.2) is 5.82 Å². The Morgan fingerprint density at radius 2 is 1.86 bits per heavy atom. The summed E-state index contributed by atoms with van der Waals surface area (Å²) in [5.74, 6) is 1.03. The summed E-state index contributed by atoms with van der Waals surface area (Å²) in [6, 6.07) is 13.3. The Kier molecular flexibility index (Phi) is 5.48. The molecule has 1 aromatic heterocycles. The first-order valence-corrected chi connectivity index (χ1v) is 9.33. The highest BCUT2D eigenvalue weighted by Crippen LogP contribution is 2.16. The van der Waals surface area contributed by atoms with Crippen LogP contribution in [0.1, 0.15) is 16.2 Å². The maximum atomic E-state index is 13.5. The van der Waals surface area contributed by atoms with Gasteiger partial charge in [-0.05, 0) is 52.9 Å². The second-order valence-electron chi connectivity index (χ2n) is 6.78. The van der Waals surface area contributed by atoms with Crippen LogP contribution in [0.2, 0.25) is 0 Å². The maximum Gasteiger partial charge on any atom is 0.253 e. The molecule has 29 heavy (non-hydrogen) atoms. The number of methoxy groups -OCH3 is 1. The molecule has 1 aliphatic heterocycles. The Balaban J connectivity index is 1.37. The van der Waals surface area contributed by atoms with Crippen LogP contribution in [-0.2, 0) is 6.54 Å². The predicted molar refractivity (Wildman–Crippen MR) is 103 cm³/mol. The van der Waals surface area contributed by atoms with Gasteiger partial charge in [-0.1, -0.05) is 6.07 Å². The minimum Gasteiger partial charge on any atom is -0.497 e.